The van der Waals surface area contributed by atoms with Gasteiger partial charge in [-0.2, -0.15) is 0 Å². The lowest BCUT2D eigenvalue weighted by Crippen LogP contribution is -2.35. The highest BCUT2D eigenvalue weighted by Crippen LogP contribution is 2.25. The largest absolute Gasteiger partial charge is 0.493 e. The van der Waals surface area contributed by atoms with Gasteiger partial charge in [0.05, 0.1) is 26.0 Å². The van der Waals surface area contributed by atoms with Crippen LogP contribution in [0.2, 0.25) is 0 Å². The molecule has 6 nitrogen and oxygen atoms in total. The molecule has 0 saturated carbocycles. The van der Waals surface area contributed by atoms with Gasteiger partial charge in [0, 0.05) is 26.2 Å². The summed E-state index contributed by atoms with van der Waals surface area (Å²) in [7, 11) is 0. The van der Waals surface area contributed by atoms with Crippen molar-refractivity contribution in [1.82, 2.24) is 14.0 Å². The number of aromatic nitrogens is 2. The van der Waals surface area contributed by atoms with Crippen LogP contribution in [0.1, 0.15) is 11.1 Å². The summed E-state index contributed by atoms with van der Waals surface area (Å²) in [5, 5.41) is 9.96. The second-order valence-corrected chi connectivity index (χ2v) is 7.54. The number of benzene rings is 2. The molecule has 3 aromatic rings. The van der Waals surface area contributed by atoms with Crippen molar-refractivity contribution < 1.29 is 9.84 Å². The lowest BCUT2D eigenvalue weighted by Gasteiger charge is -2.27. The number of aromatic hydroxyl groups is 1. The summed E-state index contributed by atoms with van der Waals surface area (Å²) < 4.78 is 8.27. The highest BCUT2D eigenvalue weighted by molar-refractivity contribution is 5.67. The van der Waals surface area contributed by atoms with Gasteiger partial charge in [0.15, 0.2) is 0 Å². The van der Waals surface area contributed by atoms with E-state index in [-0.39, 0.29) is 18.1 Å². The van der Waals surface area contributed by atoms with Crippen molar-refractivity contribution >= 4 is 0 Å². The molecule has 0 unspecified atom stereocenters. The van der Waals surface area contributed by atoms with Gasteiger partial charge in [0.1, 0.15) is 0 Å². The van der Waals surface area contributed by atoms with E-state index in [0.29, 0.717) is 6.54 Å². The van der Waals surface area contributed by atoms with E-state index in [1.54, 1.807) is 6.08 Å². The van der Waals surface area contributed by atoms with Crippen molar-refractivity contribution in [1.29, 1.82) is 0 Å². The van der Waals surface area contributed by atoms with Crippen molar-refractivity contribution in [3.8, 4) is 17.0 Å². The number of ether oxygens (including phenoxy) is 1. The van der Waals surface area contributed by atoms with Crippen LogP contribution in [0, 0.1) is 0 Å². The second-order valence-electron chi connectivity index (χ2n) is 7.54. The Hall–Kier alpha value is -3.09. The zero-order valence-electron chi connectivity index (χ0n) is 17.0. The minimum atomic E-state index is -0.243. The molecule has 0 radical (unpaired) electrons. The molecule has 1 aromatic heterocycles. The molecule has 1 fully saturated rings. The normalized spacial score (nSPS) is 14.7. The van der Waals surface area contributed by atoms with Gasteiger partial charge in [-0.3, -0.25) is 14.0 Å². The van der Waals surface area contributed by atoms with Gasteiger partial charge in [-0.05, 0) is 22.3 Å². The van der Waals surface area contributed by atoms with Gasteiger partial charge in [-0.15, -0.1) is 6.58 Å². The van der Waals surface area contributed by atoms with Crippen LogP contribution in [0.4, 0.5) is 0 Å². The molecule has 0 bridgehead atoms. The maximum atomic E-state index is 12.4. The molecule has 1 aliphatic rings. The molecular formula is C24H27N3O3. The van der Waals surface area contributed by atoms with Crippen molar-refractivity contribution in [3.63, 3.8) is 0 Å². The SMILES string of the molecule is C=CCn1c(O)cn(Cc2ccc(-c3ccccc3CN3CCOCC3)cc2)c1=O. The number of imidazole rings is 1. The van der Waals surface area contributed by atoms with Gasteiger partial charge in [-0.25, -0.2) is 4.79 Å². The first kappa shape index (κ1) is 20.2. The number of morpholine rings is 1. The molecule has 1 aliphatic heterocycles. The molecule has 0 amide bonds. The van der Waals surface area contributed by atoms with E-state index in [1.165, 1.54) is 26.5 Å². The minimum absolute atomic E-state index is 0.0476. The summed E-state index contributed by atoms with van der Waals surface area (Å²) >= 11 is 0. The summed E-state index contributed by atoms with van der Waals surface area (Å²) in [6.07, 6.45) is 3.06. The zero-order chi connectivity index (χ0) is 20.9. The molecule has 0 aliphatic carbocycles. The van der Waals surface area contributed by atoms with E-state index in [9.17, 15) is 9.90 Å². The van der Waals surface area contributed by atoms with E-state index in [4.69, 9.17) is 4.74 Å². The molecule has 0 spiro atoms. The first-order chi connectivity index (χ1) is 14.7. The van der Waals surface area contributed by atoms with Crippen molar-refractivity contribution in [2.24, 2.45) is 0 Å². The summed E-state index contributed by atoms with van der Waals surface area (Å²) in [4.78, 5) is 14.8. The Kier molecular flexibility index (Phi) is 6.16. The second kappa shape index (κ2) is 9.15. The molecule has 0 atom stereocenters. The summed E-state index contributed by atoms with van der Waals surface area (Å²) in [5.41, 5.74) is 4.44. The maximum Gasteiger partial charge on any atom is 0.331 e. The van der Waals surface area contributed by atoms with Crippen LogP contribution in [-0.4, -0.2) is 45.4 Å². The average molecular weight is 405 g/mol. The Bertz CT molecular complexity index is 1060. The zero-order valence-corrected chi connectivity index (χ0v) is 17.0. The number of nitrogens with zero attached hydrogens (tertiary/aromatic N) is 3. The minimum Gasteiger partial charge on any atom is -0.493 e. The molecule has 1 saturated heterocycles. The summed E-state index contributed by atoms with van der Waals surface area (Å²) in [6.45, 7) is 8.73. The third kappa shape index (κ3) is 4.40. The third-order valence-electron chi connectivity index (χ3n) is 5.47. The third-order valence-corrected chi connectivity index (χ3v) is 5.47. The highest BCUT2D eigenvalue weighted by atomic mass is 16.5. The first-order valence-corrected chi connectivity index (χ1v) is 10.2. The molecule has 30 heavy (non-hydrogen) atoms. The standard InChI is InChI=1S/C24H27N3O3/c1-2-11-27-23(28)18-26(24(27)29)16-19-7-9-20(10-8-19)22-6-4-3-5-21(22)17-25-12-14-30-15-13-25/h2-10,18,28H,1,11-17H2. The lowest BCUT2D eigenvalue weighted by atomic mass is 9.98. The highest BCUT2D eigenvalue weighted by Gasteiger charge is 2.14. The molecule has 1 N–H and O–H groups in total. The van der Waals surface area contributed by atoms with Gasteiger partial charge in [0.2, 0.25) is 5.88 Å². The summed E-state index contributed by atoms with van der Waals surface area (Å²) in [5.74, 6) is -0.0476. The Labute approximate surface area is 176 Å². The number of hydrogen-bond donors (Lipinski definition) is 1. The van der Waals surface area contributed by atoms with Crippen LogP contribution in [0.3, 0.4) is 0 Å². The monoisotopic (exact) mass is 405 g/mol. The van der Waals surface area contributed by atoms with Crippen LogP contribution < -0.4 is 5.69 Å². The summed E-state index contributed by atoms with van der Waals surface area (Å²) in [6, 6.07) is 16.8. The number of rotatable bonds is 7. The van der Waals surface area contributed by atoms with Gasteiger partial charge in [0.25, 0.3) is 0 Å². The predicted octanol–water partition coefficient (Wildman–Crippen LogP) is 3.09. The Balaban J connectivity index is 1.52. The maximum absolute atomic E-state index is 12.4. The molecule has 2 heterocycles. The molecule has 156 valence electrons. The lowest BCUT2D eigenvalue weighted by molar-refractivity contribution is 0.0342. The fourth-order valence-electron chi connectivity index (χ4n) is 3.86. The number of hydrogen-bond acceptors (Lipinski definition) is 4. The van der Waals surface area contributed by atoms with Gasteiger partial charge < -0.3 is 9.84 Å². The van der Waals surface area contributed by atoms with Crippen LogP contribution in [0.25, 0.3) is 11.1 Å². The van der Waals surface area contributed by atoms with Crippen molar-refractivity contribution in [2.45, 2.75) is 19.6 Å². The van der Waals surface area contributed by atoms with E-state index in [2.05, 4.69) is 47.9 Å². The van der Waals surface area contributed by atoms with Crippen LogP contribution in [0.15, 0.2) is 72.2 Å². The fraction of sp³-hybridized carbons (Fsp3) is 0.292. The van der Waals surface area contributed by atoms with E-state index < -0.39 is 0 Å². The number of allylic oxidation sites excluding steroid dienone is 1. The predicted molar refractivity (Wildman–Crippen MR) is 118 cm³/mol. The molecule has 6 heteroatoms. The Morgan fingerprint density at radius 3 is 2.50 bits per heavy atom. The Morgan fingerprint density at radius 2 is 1.77 bits per heavy atom. The van der Waals surface area contributed by atoms with Crippen LogP contribution >= 0.6 is 0 Å². The van der Waals surface area contributed by atoms with Crippen LogP contribution in [0.5, 0.6) is 5.88 Å². The molecule has 2 aromatic carbocycles. The van der Waals surface area contributed by atoms with E-state index >= 15 is 0 Å². The Morgan fingerprint density at radius 1 is 1.03 bits per heavy atom. The van der Waals surface area contributed by atoms with E-state index in [0.717, 1.165) is 44.0 Å². The topological polar surface area (TPSA) is 59.6 Å². The smallest absolute Gasteiger partial charge is 0.331 e. The van der Waals surface area contributed by atoms with E-state index in [1.807, 2.05) is 12.1 Å². The average Bonchev–Trinajstić information content (AvgIpc) is 3.03. The first-order valence-electron chi connectivity index (χ1n) is 10.2. The van der Waals surface area contributed by atoms with Crippen molar-refractivity contribution in [3.05, 3.63) is 89.0 Å². The van der Waals surface area contributed by atoms with Gasteiger partial charge >= 0.3 is 5.69 Å². The van der Waals surface area contributed by atoms with Crippen molar-refractivity contribution in [2.75, 3.05) is 26.3 Å². The fourth-order valence-corrected chi connectivity index (χ4v) is 3.86. The van der Waals surface area contributed by atoms with Crippen LogP contribution in [-0.2, 0) is 24.4 Å². The molecular weight excluding hydrogens is 378 g/mol. The van der Waals surface area contributed by atoms with Gasteiger partial charge in [-0.1, -0.05) is 54.6 Å². The molecule has 4 rings (SSSR count). The quantitative estimate of drug-likeness (QED) is 0.614.